The molecular formula is C16H21ClN2O4. The normalized spacial score (nSPS) is 17.4. The molecule has 1 saturated heterocycles. The Bertz CT molecular complexity index is 544. The number of ether oxygens (including phenoxy) is 1. The van der Waals surface area contributed by atoms with Gasteiger partial charge < -0.3 is 9.64 Å². The first-order chi connectivity index (χ1) is 11.1. The molecule has 2 unspecified atom stereocenters. The first kappa shape index (κ1) is 17.7. The molecule has 2 atom stereocenters. The van der Waals surface area contributed by atoms with E-state index in [2.05, 4.69) is 0 Å². The Kier molecular flexibility index (Phi) is 6.38. The van der Waals surface area contributed by atoms with Gasteiger partial charge in [0.1, 0.15) is 0 Å². The Morgan fingerprint density at radius 1 is 1.30 bits per heavy atom. The lowest BCUT2D eigenvalue weighted by Crippen LogP contribution is -2.46. The summed E-state index contributed by atoms with van der Waals surface area (Å²) in [5.74, 6) is -2.01. The standard InChI is InChI=1S/C16H21ClN2O4/c1-2-13(15(20)18-22)14(11-3-5-12(17)6-4-11)16(21)19-7-9-23-10-8-19/h3-6,13-14,22H,2,7-10H2,1H3,(H,18,20). The van der Waals surface area contributed by atoms with Crippen LogP contribution in [-0.4, -0.2) is 48.2 Å². The lowest BCUT2D eigenvalue weighted by molar-refractivity contribution is -0.144. The Hall–Kier alpha value is -1.63. The van der Waals surface area contributed by atoms with Gasteiger partial charge in [-0.3, -0.25) is 14.8 Å². The minimum absolute atomic E-state index is 0.133. The third kappa shape index (κ3) is 4.22. The maximum absolute atomic E-state index is 13.0. The predicted molar refractivity (Wildman–Crippen MR) is 85.3 cm³/mol. The molecule has 23 heavy (non-hydrogen) atoms. The number of amides is 2. The molecule has 6 nitrogen and oxygen atoms in total. The summed E-state index contributed by atoms with van der Waals surface area (Å²) in [5.41, 5.74) is 2.38. The number of nitrogens with zero attached hydrogens (tertiary/aromatic N) is 1. The van der Waals surface area contributed by atoms with Gasteiger partial charge in [-0.15, -0.1) is 0 Å². The molecule has 1 aliphatic rings. The van der Waals surface area contributed by atoms with Gasteiger partial charge >= 0.3 is 0 Å². The largest absolute Gasteiger partial charge is 0.378 e. The van der Waals surface area contributed by atoms with E-state index < -0.39 is 17.7 Å². The van der Waals surface area contributed by atoms with Gasteiger partial charge in [-0.25, -0.2) is 5.48 Å². The van der Waals surface area contributed by atoms with Gasteiger partial charge in [0.05, 0.1) is 25.0 Å². The highest BCUT2D eigenvalue weighted by atomic mass is 35.5. The fourth-order valence-corrected chi connectivity index (χ4v) is 2.98. The molecule has 1 heterocycles. The van der Waals surface area contributed by atoms with Crippen LogP contribution in [0.4, 0.5) is 0 Å². The van der Waals surface area contributed by atoms with Gasteiger partial charge in [-0.1, -0.05) is 30.7 Å². The topological polar surface area (TPSA) is 78.9 Å². The second-order valence-corrected chi connectivity index (χ2v) is 5.89. The Labute approximate surface area is 140 Å². The van der Waals surface area contributed by atoms with Crippen molar-refractivity contribution in [3.8, 4) is 0 Å². The molecule has 1 fully saturated rings. The van der Waals surface area contributed by atoms with Gasteiger partial charge in [0.15, 0.2) is 0 Å². The molecule has 0 saturated carbocycles. The Morgan fingerprint density at radius 2 is 1.91 bits per heavy atom. The zero-order valence-electron chi connectivity index (χ0n) is 13.0. The number of hydrogen-bond donors (Lipinski definition) is 2. The van der Waals surface area contributed by atoms with Crippen LogP contribution in [0.5, 0.6) is 0 Å². The van der Waals surface area contributed by atoms with Crippen LogP contribution in [0, 0.1) is 5.92 Å². The minimum Gasteiger partial charge on any atom is -0.378 e. The van der Waals surface area contributed by atoms with E-state index in [-0.39, 0.29) is 5.91 Å². The molecule has 126 valence electrons. The van der Waals surface area contributed by atoms with Crippen LogP contribution in [-0.2, 0) is 14.3 Å². The average molecular weight is 341 g/mol. The molecule has 0 aromatic heterocycles. The number of halogens is 1. The van der Waals surface area contributed by atoms with Crippen LogP contribution in [0.1, 0.15) is 24.8 Å². The van der Waals surface area contributed by atoms with Gasteiger partial charge in [0, 0.05) is 18.1 Å². The van der Waals surface area contributed by atoms with Crippen molar-refractivity contribution in [2.24, 2.45) is 5.92 Å². The number of carbonyl (C=O) groups is 2. The van der Waals surface area contributed by atoms with Crippen molar-refractivity contribution in [2.75, 3.05) is 26.3 Å². The lowest BCUT2D eigenvalue weighted by atomic mass is 9.82. The highest BCUT2D eigenvalue weighted by Crippen LogP contribution is 2.31. The highest BCUT2D eigenvalue weighted by molar-refractivity contribution is 6.30. The number of morpholine rings is 1. The van der Waals surface area contributed by atoms with Crippen molar-refractivity contribution in [1.29, 1.82) is 0 Å². The molecule has 0 aliphatic carbocycles. The smallest absolute Gasteiger partial charge is 0.247 e. The van der Waals surface area contributed by atoms with Crippen LogP contribution >= 0.6 is 11.6 Å². The molecule has 0 spiro atoms. The van der Waals surface area contributed by atoms with Crippen LogP contribution < -0.4 is 5.48 Å². The van der Waals surface area contributed by atoms with Crippen molar-refractivity contribution in [1.82, 2.24) is 10.4 Å². The summed E-state index contributed by atoms with van der Waals surface area (Å²) in [6.07, 6.45) is 0.426. The van der Waals surface area contributed by atoms with Crippen molar-refractivity contribution in [3.63, 3.8) is 0 Å². The fourth-order valence-electron chi connectivity index (χ4n) is 2.85. The third-order valence-corrected chi connectivity index (χ3v) is 4.36. The quantitative estimate of drug-likeness (QED) is 0.633. The highest BCUT2D eigenvalue weighted by Gasteiger charge is 2.36. The van der Waals surface area contributed by atoms with Crippen molar-refractivity contribution < 1.29 is 19.5 Å². The Balaban J connectivity index is 2.34. The monoisotopic (exact) mass is 340 g/mol. The molecule has 0 bridgehead atoms. The van der Waals surface area contributed by atoms with E-state index in [1.165, 1.54) is 0 Å². The summed E-state index contributed by atoms with van der Waals surface area (Å²) in [6, 6.07) is 6.89. The van der Waals surface area contributed by atoms with E-state index in [0.717, 1.165) is 0 Å². The van der Waals surface area contributed by atoms with Gasteiger partial charge in [0.2, 0.25) is 11.8 Å². The number of benzene rings is 1. The number of nitrogens with one attached hydrogen (secondary N) is 1. The summed E-state index contributed by atoms with van der Waals surface area (Å²) in [4.78, 5) is 26.7. The first-order valence-corrected chi connectivity index (χ1v) is 8.02. The molecule has 2 amide bonds. The molecule has 1 aliphatic heterocycles. The first-order valence-electron chi connectivity index (χ1n) is 7.64. The lowest BCUT2D eigenvalue weighted by Gasteiger charge is -2.33. The SMILES string of the molecule is CCC(C(=O)NO)C(C(=O)N1CCOCC1)c1ccc(Cl)cc1. The molecule has 2 N–H and O–H groups in total. The number of rotatable bonds is 5. The summed E-state index contributed by atoms with van der Waals surface area (Å²) in [6.45, 7) is 3.79. The zero-order chi connectivity index (χ0) is 16.8. The minimum atomic E-state index is -0.664. The maximum Gasteiger partial charge on any atom is 0.247 e. The molecule has 2 rings (SSSR count). The second-order valence-electron chi connectivity index (χ2n) is 5.46. The molecule has 7 heteroatoms. The maximum atomic E-state index is 13.0. The van der Waals surface area contributed by atoms with Crippen LogP contribution in [0.2, 0.25) is 5.02 Å². The predicted octanol–water partition coefficient (Wildman–Crippen LogP) is 1.81. The van der Waals surface area contributed by atoms with Gasteiger partial charge in [-0.2, -0.15) is 0 Å². The zero-order valence-corrected chi connectivity index (χ0v) is 13.8. The molecule has 1 aromatic rings. The molecule has 1 aromatic carbocycles. The van der Waals surface area contributed by atoms with Crippen molar-refractivity contribution in [2.45, 2.75) is 19.3 Å². The van der Waals surface area contributed by atoms with E-state index in [4.69, 9.17) is 21.5 Å². The van der Waals surface area contributed by atoms with E-state index >= 15 is 0 Å². The third-order valence-electron chi connectivity index (χ3n) is 4.11. The fraction of sp³-hybridized carbons (Fsp3) is 0.500. The van der Waals surface area contributed by atoms with E-state index in [1.54, 1.807) is 34.6 Å². The van der Waals surface area contributed by atoms with Crippen LogP contribution in [0.25, 0.3) is 0 Å². The van der Waals surface area contributed by atoms with Crippen molar-refractivity contribution >= 4 is 23.4 Å². The summed E-state index contributed by atoms with van der Waals surface area (Å²) in [7, 11) is 0. The van der Waals surface area contributed by atoms with Crippen LogP contribution in [0.15, 0.2) is 24.3 Å². The van der Waals surface area contributed by atoms with Gasteiger partial charge in [0.25, 0.3) is 0 Å². The number of hydroxylamine groups is 1. The molecule has 0 radical (unpaired) electrons. The Morgan fingerprint density at radius 3 is 2.43 bits per heavy atom. The molecular weight excluding hydrogens is 320 g/mol. The average Bonchev–Trinajstić information content (AvgIpc) is 2.60. The van der Waals surface area contributed by atoms with Crippen LogP contribution in [0.3, 0.4) is 0 Å². The summed E-state index contributed by atoms with van der Waals surface area (Å²) in [5, 5.41) is 9.56. The summed E-state index contributed by atoms with van der Waals surface area (Å²) >= 11 is 5.92. The number of hydrogen-bond acceptors (Lipinski definition) is 4. The van der Waals surface area contributed by atoms with E-state index in [1.807, 2.05) is 6.92 Å². The van der Waals surface area contributed by atoms with E-state index in [0.29, 0.717) is 43.3 Å². The van der Waals surface area contributed by atoms with Crippen molar-refractivity contribution in [3.05, 3.63) is 34.9 Å². The second kappa shape index (κ2) is 8.29. The summed E-state index contributed by atoms with van der Waals surface area (Å²) < 4.78 is 5.28. The van der Waals surface area contributed by atoms with E-state index in [9.17, 15) is 9.59 Å². The number of carbonyl (C=O) groups excluding carboxylic acids is 2. The van der Waals surface area contributed by atoms with Gasteiger partial charge in [-0.05, 0) is 24.1 Å².